The molecule has 5 aromatic heterocycles. The number of halogens is 2. The van der Waals surface area contributed by atoms with E-state index in [9.17, 15) is 0 Å². The highest BCUT2D eigenvalue weighted by Gasteiger charge is 2.45. The second kappa shape index (κ2) is 55.8. The van der Waals surface area contributed by atoms with Crippen molar-refractivity contribution in [2.45, 2.75) is 476 Å². The topological polar surface area (TPSA) is 44.2 Å². The number of thiophene rings is 4. The number of aromatic nitrogens is 2. The first kappa shape index (κ1) is 90.9. The van der Waals surface area contributed by atoms with E-state index < -0.39 is 0 Å². The molecule has 0 saturated carbocycles. The molecule has 4 nitrogen and oxygen atoms in total. The molecule has 2 aliphatic heterocycles. The highest BCUT2D eigenvalue weighted by atomic mass is 79.9. The summed E-state index contributed by atoms with van der Waals surface area (Å²) >= 11 is 17.0. The van der Waals surface area contributed by atoms with Crippen molar-refractivity contribution in [3.05, 3.63) is 55.1 Å². The molecular formula is C96H154Br2N2O2S5. The molecule has 0 unspecified atom stereocenters. The largest absolute Gasteiger partial charge is 0.481 e. The molecular weight excluding hydrogens is 1530 g/mol. The van der Waals surface area contributed by atoms with Gasteiger partial charge in [0.25, 0.3) is 0 Å². The molecule has 0 aliphatic carbocycles. The van der Waals surface area contributed by atoms with Crippen LogP contribution in [0.5, 0.6) is 11.5 Å². The predicted molar refractivity (Wildman–Crippen MR) is 487 cm³/mol. The van der Waals surface area contributed by atoms with E-state index in [0.717, 1.165) is 55.8 Å². The lowest BCUT2D eigenvalue weighted by molar-refractivity contribution is 0.0395. The lowest BCUT2D eigenvalue weighted by Crippen LogP contribution is -2.35. The summed E-state index contributed by atoms with van der Waals surface area (Å²) in [6, 6.07) is 14.6. The van der Waals surface area contributed by atoms with Gasteiger partial charge in [-0.3, -0.25) is 0 Å². The standard InChI is InChI=1S/C96H154Br2N2O2S5/c1-5-9-13-17-21-25-29-33-37-41-45-49-53-57-61-65-71-95(72-66-62-58-54-50-46-42-38-34-30-26-22-18-14-10-6-2)81-75-85(103-91(81)93-83(101-95)77-87(97)105-93)79-69-70-80(90-89(79)99-107-100-90)86-76-82-92(104-86)94-84(78-88(98)106-94)102-96(82,73-67-63-59-55-51-47-43-39-35-31-27-23-19-15-11-7-3)74-68-64-60-56-52-48-44-40-36-32-28-24-20-16-12-8-4/h69-70,75-78H,5-68,71-74H2,1-4H3. The fraction of sp³-hybridized carbons (Fsp3) is 0.771. The third-order valence-electron chi connectivity index (χ3n) is 24.5. The Kier molecular flexibility index (Phi) is 47.4. The van der Waals surface area contributed by atoms with Crippen molar-refractivity contribution in [3.8, 4) is 51.9 Å². The van der Waals surface area contributed by atoms with Crippen molar-refractivity contribution in [1.29, 1.82) is 0 Å². The Hall–Kier alpha value is -1.60. The number of unbranched alkanes of at least 4 members (excludes halogenated alkanes) is 60. The summed E-state index contributed by atoms with van der Waals surface area (Å²) in [4.78, 5) is 8.00. The Balaban J connectivity index is 0.946. The van der Waals surface area contributed by atoms with Gasteiger partial charge in [0.15, 0.2) is 0 Å². The van der Waals surface area contributed by atoms with E-state index in [1.165, 1.54) is 474 Å². The number of hydrogen-bond acceptors (Lipinski definition) is 9. The fourth-order valence-corrected chi connectivity index (χ4v) is 24.3. The number of ether oxygens (including phenoxy) is 2. The SMILES string of the molecule is CCCCCCCCCCCCCCCCCCC1(CCCCCCCCCCCCCCCCCC)Oc2cc(Br)sc2-c2sc(-c3ccc(-c4cc5c(s4)-c4sc(Br)cc4OC5(CCCCCCCCCCCCCCCCCC)CCCCCCCCCCCCCCCCCC)c4nsnc34)cc21. The van der Waals surface area contributed by atoms with Gasteiger partial charge in [0.1, 0.15) is 33.7 Å². The van der Waals surface area contributed by atoms with Crippen LogP contribution in [0.4, 0.5) is 0 Å². The minimum absolute atomic E-state index is 0.346. The van der Waals surface area contributed by atoms with Crippen LogP contribution >= 0.6 is 88.9 Å². The summed E-state index contributed by atoms with van der Waals surface area (Å²) in [7, 11) is 0. The zero-order chi connectivity index (χ0) is 74.9. The van der Waals surface area contributed by atoms with E-state index in [1.807, 2.05) is 45.3 Å². The Morgan fingerprint density at radius 3 is 0.682 bits per heavy atom. The van der Waals surface area contributed by atoms with Gasteiger partial charge in [-0.2, -0.15) is 8.75 Å². The van der Waals surface area contributed by atoms with Crippen LogP contribution in [0.3, 0.4) is 0 Å². The van der Waals surface area contributed by atoms with E-state index >= 15 is 0 Å². The second-order valence-electron chi connectivity index (χ2n) is 33.7. The smallest absolute Gasteiger partial charge is 0.141 e. The van der Waals surface area contributed by atoms with Gasteiger partial charge in [-0.05, 0) is 95.4 Å². The van der Waals surface area contributed by atoms with Crippen LogP contribution in [0.2, 0.25) is 0 Å². The molecule has 0 bridgehead atoms. The zero-order valence-corrected chi connectivity index (χ0v) is 76.3. The van der Waals surface area contributed by atoms with Crippen LogP contribution < -0.4 is 9.47 Å². The summed E-state index contributed by atoms with van der Waals surface area (Å²) < 4.78 is 28.0. The monoisotopic (exact) mass is 1680 g/mol. The number of fused-ring (bicyclic) bond motifs is 7. The van der Waals surface area contributed by atoms with Crippen LogP contribution in [0.25, 0.3) is 51.4 Å². The van der Waals surface area contributed by atoms with Gasteiger partial charge in [0, 0.05) is 44.1 Å². The lowest BCUT2D eigenvalue weighted by atomic mass is 9.81. The van der Waals surface area contributed by atoms with Gasteiger partial charge >= 0.3 is 0 Å². The predicted octanol–water partition coefficient (Wildman–Crippen LogP) is 37.9. The van der Waals surface area contributed by atoms with Crippen molar-refractivity contribution in [2.75, 3.05) is 0 Å². The quantitative estimate of drug-likeness (QED) is 0.0357. The van der Waals surface area contributed by atoms with Crippen molar-refractivity contribution in [1.82, 2.24) is 8.75 Å². The van der Waals surface area contributed by atoms with Gasteiger partial charge in [-0.25, -0.2) is 0 Å². The normalized spacial score (nSPS) is 13.6. The van der Waals surface area contributed by atoms with Gasteiger partial charge < -0.3 is 9.47 Å². The molecule has 1 aromatic carbocycles. The van der Waals surface area contributed by atoms with E-state index in [1.54, 1.807) is 0 Å². The van der Waals surface area contributed by atoms with Crippen LogP contribution in [0, 0.1) is 0 Å². The molecule has 107 heavy (non-hydrogen) atoms. The maximum absolute atomic E-state index is 7.60. The molecule has 0 spiro atoms. The first-order valence-electron chi connectivity index (χ1n) is 46.4. The molecule has 0 radical (unpaired) electrons. The van der Waals surface area contributed by atoms with Gasteiger partial charge in [-0.15, -0.1) is 45.3 Å². The highest BCUT2D eigenvalue weighted by molar-refractivity contribution is 9.11. The minimum Gasteiger partial charge on any atom is -0.481 e. The van der Waals surface area contributed by atoms with Crippen LogP contribution in [0.1, 0.15) is 475 Å². The summed E-state index contributed by atoms with van der Waals surface area (Å²) in [6.07, 6.45) is 93.1. The van der Waals surface area contributed by atoms with Crippen molar-refractivity contribution >= 4 is 100.0 Å². The summed E-state index contributed by atoms with van der Waals surface area (Å²) in [6.45, 7) is 9.29. The number of rotatable bonds is 70. The lowest BCUT2D eigenvalue weighted by Gasteiger charge is -2.38. The van der Waals surface area contributed by atoms with E-state index in [2.05, 4.69) is 96.0 Å². The van der Waals surface area contributed by atoms with Crippen LogP contribution in [-0.4, -0.2) is 8.75 Å². The van der Waals surface area contributed by atoms with Crippen molar-refractivity contribution < 1.29 is 9.47 Å². The van der Waals surface area contributed by atoms with Crippen molar-refractivity contribution in [2.24, 2.45) is 0 Å². The average molecular weight is 1690 g/mol. The van der Waals surface area contributed by atoms with Crippen LogP contribution in [0.15, 0.2) is 44.0 Å². The number of hydrogen-bond donors (Lipinski definition) is 0. The third-order valence-corrected chi connectivity index (χ3v) is 30.9. The Bertz CT molecular complexity index is 2920. The van der Waals surface area contributed by atoms with Crippen molar-refractivity contribution in [3.63, 3.8) is 0 Å². The Labute approximate surface area is 694 Å². The summed E-state index contributed by atoms with van der Waals surface area (Å²) in [5.74, 6) is 2.16. The number of nitrogens with zero attached hydrogens (tertiary/aromatic N) is 2. The van der Waals surface area contributed by atoms with E-state index in [-0.39, 0.29) is 11.2 Å². The maximum Gasteiger partial charge on any atom is 0.141 e. The molecule has 0 amide bonds. The molecule has 2 aliphatic rings. The van der Waals surface area contributed by atoms with E-state index in [4.69, 9.17) is 18.2 Å². The molecule has 8 rings (SSSR count). The summed E-state index contributed by atoms with van der Waals surface area (Å²) in [5.41, 5.74) is 6.66. The highest BCUT2D eigenvalue weighted by Crippen LogP contribution is 2.60. The Morgan fingerprint density at radius 2 is 0.467 bits per heavy atom. The average Bonchev–Trinajstić information content (AvgIpc) is 1.59. The first-order valence-corrected chi connectivity index (χ1v) is 51.9. The maximum atomic E-state index is 7.60. The van der Waals surface area contributed by atoms with Gasteiger partial charge in [0.05, 0.1) is 38.8 Å². The molecule has 11 heteroatoms. The Morgan fingerprint density at radius 1 is 0.262 bits per heavy atom. The molecule has 0 fully saturated rings. The van der Waals surface area contributed by atoms with Gasteiger partial charge in [-0.1, -0.05) is 425 Å². The molecule has 0 atom stereocenters. The van der Waals surface area contributed by atoms with Gasteiger partial charge in [0.2, 0.25) is 0 Å². The third kappa shape index (κ3) is 32.5. The zero-order valence-electron chi connectivity index (χ0n) is 69.1. The molecule has 0 N–H and O–H groups in total. The number of benzene rings is 1. The molecule has 6 aromatic rings. The first-order chi connectivity index (χ1) is 52.8. The van der Waals surface area contributed by atoms with E-state index in [0.29, 0.717) is 0 Å². The fourth-order valence-electron chi connectivity index (χ4n) is 17.8. The summed E-state index contributed by atoms with van der Waals surface area (Å²) in [5, 5.41) is 0. The van der Waals surface area contributed by atoms with Crippen LogP contribution in [-0.2, 0) is 11.2 Å². The second-order valence-corrected chi connectivity index (χ2v) is 41.2. The molecule has 0 saturated heterocycles. The minimum atomic E-state index is -0.346. The molecule has 7 heterocycles. The molecule has 604 valence electrons.